The molecule has 94 valence electrons. The molecule has 0 aromatic carbocycles. The number of nitrogens with one attached hydrogen (secondary N) is 1. The summed E-state index contributed by atoms with van der Waals surface area (Å²) in [6, 6.07) is 0.0780. The molecule has 2 aliphatic rings. The van der Waals surface area contributed by atoms with Gasteiger partial charge in [-0.25, -0.2) is 0 Å². The van der Waals surface area contributed by atoms with Crippen LogP contribution in [0.2, 0.25) is 0 Å². The number of hydrogen-bond acceptors (Lipinski definition) is 3. The Morgan fingerprint density at radius 2 is 2.38 bits per heavy atom. The van der Waals surface area contributed by atoms with Crippen LogP contribution in [-0.4, -0.2) is 41.6 Å². The molecule has 3 nitrogen and oxygen atoms in total. The highest BCUT2D eigenvalue weighted by atomic mass is 35.5. The number of amides is 1. The van der Waals surface area contributed by atoms with E-state index in [0.29, 0.717) is 11.3 Å². The lowest BCUT2D eigenvalue weighted by Crippen LogP contribution is -2.44. The van der Waals surface area contributed by atoms with Crippen LogP contribution in [0.15, 0.2) is 0 Å². The highest BCUT2D eigenvalue weighted by molar-refractivity contribution is 7.99. The van der Waals surface area contributed by atoms with Crippen LogP contribution in [0.5, 0.6) is 0 Å². The Balaban J connectivity index is 0.00000128. The molecule has 2 rings (SSSR count). The van der Waals surface area contributed by atoms with Crippen LogP contribution in [0, 0.1) is 5.41 Å². The molecule has 16 heavy (non-hydrogen) atoms. The molecule has 2 aliphatic heterocycles. The summed E-state index contributed by atoms with van der Waals surface area (Å²) in [7, 11) is 0. The quantitative estimate of drug-likeness (QED) is 0.824. The minimum Gasteiger partial charge on any atom is -0.341 e. The van der Waals surface area contributed by atoms with Crippen LogP contribution in [0.3, 0.4) is 0 Å². The van der Waals surface area contributed by atoms with Crippen molar-refractivity contribution < 1.29 is 4.79 Å². The van der Waals surface area contributed by atoms with Crippen LogP contribution < -0.4 is 5.32 Å². The molecule has 1 amide bonds. The topological polar surface area (TPSA) is 32.3 Å². The van der Waals surface area contributed by atoms with Crippen LogP contribution in [0.1, 0.15) is 26.7 Å². The average Bonchev–Trinajstić information content (AvgIpc) is 2.86. The van der Waals surface area contributed by atoms with Crippen molar-refractivity contribution in [3.8, 4) is 0 Å². The second-order valence-electron chi connectivity index (χ2n) is 4.95. The number of thioether (sulfide) groups is 1. The highest BCUT2D eigenvalue weighted by Gasteiger charge is 2.37. The Morgan fingerprint density at radius 1 is 1.62 bits per heavy atom. The van der Waals surface area contributed by atoms with Crippen LogP contribution in [0.4, 0.5) is 0 Å². The van der Waals surface area contributed by atoms with Crippen molar-refractivity contribution in [1.29, 1.82) is 0 Å². The summed E-state index contributed by atoms with van der Waals surface area (Å²) in [6.07, 6.45) is 2.33. The molecule has 5 heteroatoms. The molecule has 0 aromatic heterocycles. The van der Waals surface area contributed by atoms with Crippen molar-refractivity contribution >= 4 is 30.1 Å². The number of nitrogens with zero attached hydrogens (tertiary/aromatic N) is 1. The molecule has 2 heterocycles. The van der Waals surface area contributed by atoms with Gasteiger partial charge in [0.2, 0.25) is 5.91 Å². The number of halogens is 1. The van der Waals surface area contributed by atoms with Crippen LogP contribution >= 0.6 is 24.2 Å². The van der Waals surface area contributed by atoms with Crippen LogP contribution in [-0.2, 0) is 4.79 Å². The van der Waals surface area contributed by atoms with Gasteiger partial charge in [-0.2, -0.15) is 0 Å². The summed E-state index contributed by atoms with van der Waals surface area (Å²) in [5.41, 5.74) is 0.363. The Morgan fingerprint density at radius 3 is 2.88 bits per heavy atom. The maximum Gasteiger partial charge on any atom is 0.240 e. The molecule has 0 radical (unpaired) electrons. The number of rotatable bonds is 2. The fraction of sp³-hybridized carbons (Fsp3) is 0.909. The van der Waals surface area contributed by atoms with E-state index < -0.39 is 0 Å². The minimum absolute atomic E-state index is 0. The second-order valence-corrected chi connectivity index (χ2v) is 5.98. The zero-order valence-electron chi connectivity index (χ0n) is 9.99. The Kier molecular flexibility index (Phi) is 4.95. The van der Waals surface area contributed by atoms with Gasteiger partial charge >= 0.3 is 0 Å². The first-order chi connectivity index (χ1) is 7.14. The highest BCUT2D eigenvalue weighted by Crippen LogP contribution is 2.33. The largest absolute Gasteiger partial charge is 0.341 e. The van der Waals surface area contributed by atoms with Crippen molar-refractivity contribution in [2.75, 3.05) is 24.7 Å². The molecule has 0 aliphatic carbocycles. The van der Waals surface area contributed by atoms with E-state index in [1.807, 2.05) is 16.7 Å². The summed E-state index contributed by atoms with van der Waals surface area (Å²) in [6.45, 7) is 6.41. The van der Waals surface area contributed by atoms with Crippen molar-refractivity contribution in [3.05, 3.63) is 0 Å². The lowest BCUT2D eigenvalue weighted by atomic mass is 9.87. The van der Waals surface area contributed by atoms with Gasteiger partial charge in [-0.05, 0) is 18.3 Å². The molecule has 2 fully saturated rings. The van der Waals surface area contributed by atoms with E-state index in [-0.39, 0.29) is 18.4 Å². The maximum absolute atomic E-state index is 12.1. The molecule has 2 atom stereocenters. The van der Waals surface area contributed by atoms with E-state index >= 15 is 0 Å². The zero-order valence-corrected chi connectivity index (χ0v) is 11.6. The normalized spacial score (nSPS) is 33.9. The van der Waals surface area contributed by atoms with Gasteiger partial charge in [0.1, 0.15) is 0 Å². The summed E-state index contributed by atoms with van der Waals surface area (Å²) in [4.78, 5) is 14.2. The molecular weight excluding hydrogens is 244 g/mol. The van der Waals surface area contributed by atoms with Gasteiger partial charge in [0, 0.05) is 24.7 Å². The molecular formula is C11H21ClN2OS. The van der Waals surface area contributed by atoms with Gasteiger partial charge in [0.25, 0.3) is 0 Å². The number of carbonyl (C=O) groups is 1. The molecule has 0 aromatic rings. The number of carbonyl (C=O) groups excluding carboxylic acids is 1. The molecule has 2 unspecified atom stereocenters. The van der Waals surface area contributed by atoms with Gasteiger partial charge in [0.15, 0.2) is 0 Å². The molecule has 0 bridgehead atoms. The first-order valence-electron chi connectivity index (χ1n) is 5.74. The zero-order chi connectivity index (χ0) is 10.9. The van der Waals surface area contributed by atoms with Gasteiger partial charge < -0.3 is 4.90 Å². The maximum atomic E-state index is 12.1. The van der Waals surface area contributed by atoms with Gasteiger partial charge in [-0.3, -0.25) is 10.1 Å². The predicted octanol–water partition coefficient (Wildman–Crippen LogP) is 1.72. The third-order valence-electron chi connectivity index (χ3n) is 3.74. The van der Waals surface area contributed by atoms with E-state index in [1.165, 1.54) is 6.42 Å². The summed E-state index contributed by atoms with van der Waals surface area (Å²) in [5.74, 6) is 2.19. The lowest BCUT2D eigenvalue weighted by Gasteiger charge is -2.24. The molecule has 1 N–H and O–H groups in total. The third-order valence-corrected chi connectivity index (χ3v) is 4.68. The Bertz CT molecular complexity index is 258. The standard InChI is InChI=1S/C11H20N2OS.ClH/c1-3-11(2)4-5-13(7-11)10(14)9-6-15-8-12-9;/h9,12H,3-8H2,1-2H3;1H. The smallest absolute Gasteiger partial charge is 0.240 e. The predicted molar refractivity (Wildman–Crippen MR) is 71.1 cm³/mol. The summed E-state index contributed by atoms with van der Waals surface area (Å²) >= 11 is 1.82. The molecule has 2 saturated heterocycles. The van der Waals surface area contributed by atoms with Gasteiger partial charge in [-0.15, -0.1) is 24.2 Å². The average molecular weight is 265 g/mol. The van der Waals surface area contributed by atoms with Gasteiger partial charge in [0.05, 0.1) is 6.04 Å². The second kappa shape index (κ2) is 5.61. The summed E-state index contributed by atoms with van der Waals surface area (Å²) < 4.78 is 0. The SMILES string of the molecule is CCC1(C)CCN(C(=O)C2CSCN2)C1.Cl. The molecule has 0 spiro atoms. The van der Waals surface area contributed by atoms with Gasteiger partial charge in [-0.1, -0.05) is 13.8 Å². The number of hydrogen-bond donors (Lipinski definition) is 1. The van der Waals surface area contributed by atoms with E-state index in [1.54, 1.807) is 0 Å². The summed E-state index contributed by atoms with van der Waals surface area (Å²) in [5, 5.41) is 3.25. The first-order valence-corrected chi connectivity index (χ1v) is 6.90. The van der Waals surface area contributed by atoms with Crippen molar-refractivity contribution in [2.24, 2.45) is 5.41 Å². The third kappa shape index (κ3) is 2.84. The van der Waals surface area contributed by atoms with Crippen molar-refractivity contribution in [2.45, 2.75) is 32.7 Å². The minimum atomic E-state index is 0. The fourth-order valence-corrected chi connectivity index (χ4v) is 3.21. The van der Waals surface area contributed by atoms with E-state index in [0.717, 1.165) is 31.1 Å². The van der Waals surface area contributed by atoms with Crippen molar-refractivity contribution in [3.63, 3.8) is 0 Å². The first kappa shape index (κ1) is 14.1. The molecule has 0 saturated carbocycles. The van der Waals surface area contributed by atoms with E-state index in [4.69, 9.17) is 0 Å². The van der Waals surface area contributed by atoms with Crippen molar-refractivity contribution in [1.82, 2.24) is 10.2 Å². The Labute approximate surface area is 108 Å². The van der Waals surface area contributed by atoms with Crippen LogP contribution in [0.25, 0.3) is 0 Å². The van der Waals surface area contributed by atoms with E-state index in [9.17, 15) is 4.79 Å². The van der Waals surface area contributed by atoms with E-state index in [2.05, 4.69) is 19.2 Å². The monoisotopic (exact) mass is 264 g/mol. The number of likely N-dealkylation sites (tertiary alicyclic amines) is 1. The lowest BCUT2D eigenvalue weighted by molar-refractivity contribution is -0.132. The fourth-order valence-electron chi connectivity index (χ4n) is 2.27. The Hall–Kier alpha value is 0.0700.